The summed E-state index contributed by atoms with van der Waals surface area (Å²) in [6.45, 7) is 4.61. The van der Waals surface area contributed by atoms with Crippen LogP contribution in [-0.2, 0) is 9.53 Å². The molecule has 0 amide bonds. The van der Waals surface area contributed by atoms with E-state index in [1.54, 1.807) is 0 Å². The zero-order chi connectivity index (χ0) is 17.1. The highest BCUT2D eigenvalue weighted by atomic mass is 79.9. The minimum Gasteiger partial charge on any atom is -0.494 e. The quantitative estimate of drug-likeness (QED) is 0.789. The van der Waals surface area contributed by atoms with E-state index >= 15 is 0 Å². The molecule has 1 rings (SSSR count). The summed E-state index contributed by atoms with van der Waals surface area (Å²) >= 11 is 3.17. The van der Waals surface area contributed by atoms with Gasteiger partial charge in [0, 0.05) is 26.2 Å². The Morgan fingerprint density at radius 2 is 1.95 bits per heavy atom. The molecule has 0 aliphatic carbocycles. The lowest BCUT2D eigenvalue weighted by molar-refractivity contribution is -0.141. The summed E-state index contributed by atoms with van der Waals surface area (Å²) in [6, 6.07) is 0.307. The predicted molar refractivity (Wildman–Crippen MR) is 88.7 cm³/mol. The summed E-state index contributed by atoms with van der Waals surface area (Å²) in [5.41, 5.74) is -0.411. The lowest BCUT2D eigenvalue weighted by Crippen LogP contribution is -2.30. The Hall–Kier alpha value is -1.34. The molecule has 126 valence electrons. The highest BCUT2D eigenvalue weighted by molar-refractivity contribution is 9.10. The molecule has 1 aromatic rings. The van der Waals surface area contributed by atoms with Crippen molar-refractivity contribution < 1.29 is 19.4 Å². The predicted octanol–water partition coefficient (Wildman–Crippen LogP) is 3.09. The monoisotopic (exact) mass is 377 g/mol. The van der Waals surface area contributed by atoms with E-state index in [2.05, 4.69) is 29.8 Å². The maximum absolute atomic E-state index is 11.8. The first kappa shape index (κ1) is 20.7. The topological polar surface area (TPSA) is 77.8 Å². The third-order valence-electron chi connectivity index (χ3n) is 2.93. The lowest BCUT2D eigenvalue weighted by atomic mass is 10.2. The summed E-state index contributed by atoms with van der Waals surface area (Å²) in [5, 5.41) is 9.14. The van der Waals surface area contributed by atoms with E-state index in [0.717, 1.165) is 4.57 Å². The number of nitrogens with zero attached hydrogens (tertiary/aromatic N) is 1. The third kappa shape index (κ3) is 6.62. The van der Waals surface area contributed by atoms with Gasteiger partial charge in [0.1, 0.15) is 11.8 Å². The van der Waals surface area contributed by atoms with E-state index < -0.39 is 17.6 Å². The molecule has 0 saturated carbocycles. The Labute approximate surface area is 139 Å². The van der Waals surface area contributed by atoms with Crippen molar-refractivity contribution in [3.63, 3.8) is 0 Å². The molecule has 1 aromatic heterocycles. The first-order valence-corrected chi connectivity index (χ1v) is 7.89. The zero-order valence-electron chi connectivity index (χ0n) is 13.5. The van der Waals surface area contributed by atoms with Gasteiger partial charge in [-0.25, -0.2) is 4.79 Å². The normalized spacial score (nSPS) is 11.3. The van der Waals surface area contributed by atoms with Gasteiger partial charge in [0.15, 0.2) is 0 Å². The van der Waals surface area contributed by atoms with Crippen molar-refractivity contribution in [2.45, 2.75) is 39.2 Å². The first-order valence-electron chi connectivity index (χ1n) is 7.10. The lowest BCUT2D eigenvalue weighted by Gasteiger charge is -2.16. The molecule has 6 nitrogen and oxygen atoms in total. The van der Waals surface area contributed by atoms with E-state index in [9.17, 15) is 9.59 Å². The van der Waals surface area contributed by atoms with Crippen LogP contribution in [0.5, 0.6) is 5.75 Å². The molecule has 1 N–H and O–H groups in total. The molecule has 0 fully saturated rings. The molecule has 0 aliphatic rings. The van der Waals surface area contributed by atoms with Gasteiger partial charge in [-0.2, -0.15) is 0 Å². The van der Waals surface area contributed by atoms with E-state index in [1.807, 2.05) is 0 Å². The van der Waals surface area contributed by atoms with Crippen molar-refractivity contribution in [1.29, 1.82) is 0 Å². The van der Waals surface area contributed by atoms with Crippen LogP contribution in [0, 0.1) is 0 Å². The van der Waals surface area contributed by atoms with Crippen molar-refractivity contribution in [3.8, 4) is 5.75 Å². The second-order valence-electron chi connectivity index (χ2n) is 4.57. The molecule has 1 heterocycles. The zero-order valence-corrected chi connectivity index (χ0v) is 15.1. The number of aliphatic carboxylic acids is 1. The van der Waals surface area contributed by atoms with Gasteiger partial charge in [0.2, 0.25) is 0 Å². The Morgan fingerprint density at radius 3 is 2.36 bits per heavy atom. The number of hydrogen-bond acceptors (Lipinski definition) is 4. The van der Waals surface area contributed by atoms with E-state index in [0.29, 0.717) is 10.2 Å². The van der Waals surface area contributed by atoms with Crippen LogP contribution >= 0.6 is 15.9 Å². The van der Waals surface area contributed by atoms with Crippen LogP contribution in [0.2, 0.25) is 0 Å². The average Bonchev–Trinajstić information content (AvgIpc) is 2.49. The second-order valence-corrected chi connectivity index (χ2v) is 5.43. The van der Waals surface area contributed by atoms with Crippen LogP contribution in [0.25, 0.3) is 0 Å². The summed E-state index contributed by atoms with van der Waals surface area (Å²) < 4.78 is 11.5. The van der Waals surface area contributed by atoms with Crippen molar-refractivity contribution in [1.82, 2.24) is 4.57 Å². The summed E-state index contributed by atoms with van der Waals surface area (Å²) in [5.74, 6) is -0.684. The van der Waals surface area contributed by atoms with E-state index in [4.69, 9.17) is 14.6 Å². The molecule has 0 saturated heterocycles. The Balaban J connectivity index is 0.000000980. The number of methoxy groups -OCH3 is 2. The molecular weight excluding hydrogens is 354 g/mol. The summed E-state index contributed by atoms with van der Waals surface area (Å²) in [7, 11) is 2.92. The van der Waals surface area contributed by atoms with E-state index in [1.165, 1.54) is 39.3 Å². The fourth-order valence-electron chi connectivity index (χ4n) is 1.51. The molecule has 0 spiro atoms. The van der Waals surface area contributed by atoms with Gasteiger partial charge in [-0.1, -0.05) is 26.7 Å². The Bertz CT molecular complexity index is 513. The SMILES string of the molecule is CCCC.COCCC(C(=O)O)n1cc(OC)c(Br)cc1=O. The molecule has 7 heteroatoms. The summed E-state index contributed by atoms with van der Waals surface area (Å²) in [4.78, 5) is 23.0. The number of halogens is 1. The minimum atomic E-state index is -1.08. The number of unbranched alkanes of at least 4 members (excludes halogenated alkanes) is 1. The Morgan fingerprint density at radius 1 is 1.36 bits per heavy atom. The molecule has 22 heavy (non-hydrogen) atoms. The van der Waals surface area contributed by atoms with Crippen molar-refractivity contribution in [2.24, 2.45) is 0 Å². The number of aromatic nitrogens is 1. The minimum absolute atomic E-state index is 0.205. The molecule has 0 aliphatic heterocycles. The molecule has 0 bridgehead atoms. The van der Waals surface area contributed by atoms with Crippen LogP contribution in [-0.4, -0.2) is 36.5 Å². The van der Waals surface area contributed by atoms with Crippen LogP contribution in [0.3, 0.4) is 0 Å². The number of rotatable bonds is 7. The van der Waals surface area contributed by atoms with Crippen LogP contribution < -0.4 is 10.3 Å². The largest absolute Gasteiger partial charge is 0.494 e. The van der Waals surface area contributed by atoms with Crippen molar-refractivity contribution in [3.05, 3.63) is 27.1 Å². The smallest absolute Gasteiger partial charge is 0.326 e. The van der Waals surface area contributed by atoms with Gasteiger partial charge in [0.25, 0.3) is 5.56 Å². The number of carboxylic acid groups (broad SMARTS) is 1. The number of ether oxygens (including phenoxy) is 2. The standard InChI is InChI=1S/C11H14BrNO5.C4H10/c1-17-4-3-8(11(15)16)13-6-9(18-2)7(12)5-10(13)14;1-3-4-2/h5-6,8H,3-4H2,1-2H3,(H,15,16);3-4H2,1-2H3. The molecule has 0 radical (unpaired) electrons. The van der Waals surface area contributed by atoms with Gasteiger partial charge in [-0.05, 0) is 15.9 Å². The number of hydrogen-bond donors (Lipinski definition) is 1. The maximum atomic E-state index is 11.8. The van der Waals surface area contributed by atoms with Gasteiger partial charge in [-0.15, -0.1) is 0 Å². The molecule has 1 unspecified atom stereocenters. The van der Waals surface area contributed by atoms with Gasteiger partial charge >= 0.3 is 5.97 Å². The average molecular weight is 378 g/mol. The number of carboxylic acids is 1. The Kier molecular flexibility index (Phi) is 10.6. The number of pyridine rings is 1. The van der Waals surface area contributed by atoms with Crippen molar-refractivity contribution >= 4 is 21.9 Å². The fraction of sp³-hybridized carbons (Fsp3) is 0.600. The highest BCUT2D eigenvalue weighted by Gasteiger charge is 2.21. The van der Waals surface area contributed by atoms with Gasteiger partial charge in [0.05, 0.1) is 17.8 Å². The summed E-state index contributed by atoms with van der Waals surface area (Å²) in [6.07, 6.45) is 4.22. The van der Waals surface area contributed by atoms with Crippen LogP contribution in [0.4, 0.5) is 0 Å². The fourth-order valence-corrected chi connectivity index (χ4v) is 1.97. The number of carbonyl (C=O) groups is 1. The van der Waals surface area contributed by atoms with E-state index in [-0.39, 0.29) is 13.0 Å². The van der Waals surface area contributed by atoms with Gasteiger partial charge in [-0.3, -0.25) is 9.36 Å². The van der Waals surface area contributed by atoms with Gasteiger partial charge < -0.3 is 14.6 Å². The molecular formula is C15H24BrNO5. The molecule has 1 atom stereocenters. The second kappa shape index (κ2) is 11.3. The highest BCUT2D eigenvalue weighted by Crippen LogP contribution is 2.23. The van der Waals surface area contributed by atoms with Crippen LogP contribution in [0.15, 0.2) is 21.5 Å². The van der Waals surface area contributed by atoms with Crippen molar-refractivity contribution in [2.75, 3.05) is 20.8 Å². The third-order valence-corrected chi connectivity index (χ3v) is 3.55. The first-order chi connectivity index (χ1) is 10.4. The molecule has 0 aromatic carbocycles. The maximum Gasteiger partial charge on any atom is 0.326 e. The van der Waals surface area contributed by atoms with Crippen LogP contribution in [0.1, 0.15) is 39.2 Å².